The molecule has 0 radical (unpaired) electrons. The summed E-state index contributed by atoms with van der Waals surface area (Å²) in [6.45, 7) is 2.06. The zero-order chi connectivity index (χ0) is 17.4. The van der Waals surface area contributed by atoms with E-state index in [1.54, 1.807) is 25.1 Å². The third kappa shape index (κ3) is 5.42. The van der Waals surface area contributed by atoms with Crippen molar-refractivity contribution in [2.24, 2.45) is 0 Å². The van der Waals surface area contributed by atoms with E-state index in [9.17, 15) is 14.0 Å². The van der Waals surface area contributed by atoms with Crippen LogP contribution in [0.4, 0.5) is 4.39 Å². The van der Waals surface area contributed by atoms with Gasteiger partial charge >= 0.3 is 0 Å². The van der Waals surface area contributed by atoms with Gasteiger partial charge in [0, 0.05) is 18.1 Å². The van der Waals surface area contributed by atoms with Gasteiger partial charge in [0.25, 0.3) is 5.91 Å². The van der Waals surface area contributed by atoms with Crippen molar-refractivity contribution in [3.05, 3.63) is 59.8 Å². The van der Waals surface area contributed by atoms with Crippen LogP contribution in [0.15, 0.2) is 47.3 Å². The van der Waals surface area contributed by atoms with Crippen LogP contribution in [0.5, 0.6) is 0 Å². The van der Waals surface area contributed by atoms with E-state index in [1.807, 2.05) is 0 Å². The quantitative estimate of drug-likeness (QED) is 0.718. The molecule has 5 nitrogen and oxygen atoms in total. The Balaban J connectivity index is 1.64. The molecule has 0 aliphatic heterocycles. The Hall–Kier alpha value is -2.28. The fourth-order valence-corrected chi connectivity index (χ4v) is 2.78. The standard InChI is InChI=1S/C17H19FN2O3S/c1-12(20-17(22)13-6-8-23-10-13)16(21)19-7-9-24-11-14-4-2-3-5-15(14)18/h2-6,8,10,12H,7,9,11H2,1H3,(H,19,21)(H,20,22). The molecule has 24 heavy (non-hydrogen) atoms. The van der Waals surface area contributed by atoms with Crippen LogP contribution < -0.4 is 10.6 Å². The van der Waals surface area contributed by atoms with E-state index in [0.29, 0.717) is 29.2 Å². The van der Waals surface area contributed by atoms with Crippen molar-refractivity contribution in [2.75, 3.05) is 12.3 Å². The van der Waals surface area contributed by atoms with Crippen LogP contribution in [0.1, 0.15) is 22.8 Å². The van der Waals surface area contributed by atoms with Crippen LogP contribution in [-0.2, 0) is 10.5 Å². The Morgan fingerprint density at radius 1 is 1.29 bits per heavy atom. The fraction of sp³-hybridized carbons (Fsp3) is 0.294. The van der Waals surface area contributed by atoms with Gasteiger partial charge in [-0.1, -0.05) is 18.2 Å². The number of amides is 2. The number of rotatable bonds is 8. The van der Waals surface area contributed by atoms with E-state index in [2.05, 4.69) is 10.6 Å². The molecule has 0 bridgehead atoms. The Morgan fingerprint density at radius 2 is 2.08 bits per heavy atom. The summed E-state index contributed by atoms with van der Waals surface area (Å²) in [5, 5.41) is 5.33. The van der Waals surface area contributed by atoms with E-state index in [4.69, 9.17) is 4.42 Å². The SMILES string of the molecule is CC(NC(=O)c1ccoc1)C(=O)NCCSCc1ccccc1F. The third-order valence-corrected chi connectivity index (χ3v) is 4.29. The van der Waals surface area contributed by atoms with Crippen molar-refractivity contribution in [3.63, 3.8) is 0 Å². The van der Waals surface area contributed by atoms with Gasteiger partial charge in [-0.25, -0.2) is 4.39 Å². The molecule has 0 saturated carbocycles. The van der Waals surface area contributed by atoms with Gasteiger partial charge < -0.3 is 15.1 Å². The second-order valence-electron chi connectivity index (χ2n) is 5.14. The van der Waals surface area contributed by atoms with Gasteiger partial charge in [0.05, 0.1) is 11.8 Å². The second-order valence-corrected chi connectivity index (χ2v) is 6.25. The van der Waals surface area contributed by atoms with Gasteiger partial charge in [0.15, 0.2) is 0 Å². The second kappa shape index (κ2) is 9.12. The summed E-state index contributed by atoms with van der Waals surface area (Å²) in [6.07, 6.45) is 2.71. The maximum Gasteiger partial charge on any atom is 0.255 e. The number of carbonyl (C=O) groups excluding carboxylic acids is 2. The first-order valence-corrected chi connectivity index (χ1v) is 8.65. The van der Waals surface area contributed by atoms with Gasteiger partial charge in [-0.2, -0.15) is 11.8 Å². The van der Waals surface area contributed by atoms with Gasteiger partial charge in [-0.3, -0.25) is 9.59 Å². The molecule has 1 aromatic carbocycles. The van der Waals surface area contributed by atoms with Gasteiger partial charge in [-0.05, 0) is 24.6 Å². The molecule has 7 heteroatoms. The maximum absolute atomic E-state index is 13.4. The van der Waals surface area contributed by atoms with Gasteiger partial charge in [-0.15, -0.1) is 0 Å². The van der Waals surface area contributed by atoms with Crippen LogP contribution in [0.25, 0.3) is 0 Å². The molecular formula is C17H19FN2O3S. The summed E-state index contributed by atoms with van der Waals surface area (Å²) in [4.78, 5) is 23.7. The highest BCUT2D eigenvalue weighted by Gasteiger charge is 2.16. The number of halogens is 1. The topological polar surface area (TPSA) is 71.3 Å². The molecule has 1 heterocycles. The summed E-state index contributed by atoms with van der Waals surface area (Å²) in [6, 6.07) is 7.51. The van der Waals surface area contributed by atoms with E-state index in [-0.39, 0.29) is 17.6 Å². The summed E-state index contributed by atoms with van der Waals surface area (Å²) in [5.74, 6) is 0.362. The fourth-order valence-electron chi connectivity index (χ4n) is 1.94. The molecule has 0 saturated heterocycles. The van der Waals surface area contributed by atoms with Crippen LogP contribution >= 0.6 is 11.8 Å². The summed E-state index contributed by atoms with van der Waals surface area (Å²) < 4.78 is 18.3. The van der Waals surface area contributed by atoms with E-state index >= 15 is 0 Å². The Bertz CT molecular complexity index is 676. The summed E-state index contributed by atoms with van der Waals surface area (Å²) in [5.41, 5.74) is 1.02. The van der Waals surface area contributed by atoms with Crippen molar-refractivity contribution >= 4 is 23.6 Å². The van der Waals surface area contributed by atoms with Crippen LogP contribution in [0.2, 0.25) is 0 Å². The average molecular weight is 350 g/mol. The molecule has 1 atom stereocenters. The van der Waals surface area contributed by atoms with E-state index in [1.165, 1.54) is 36.4 Å². The zero-order valence-electron chi connectivity index (χ0n) is 13.3. The molecule has 2 aromatic rings. The first-order chi connectivity index (χ1) is 11.6. The van der Waals surface area contributed by atoms with Crippen LogP contribution in [0.3, 0.4) is 0 Å². The average Bonchev–Trinajstić information content (AvgIpc) is 3.10. The van der Waals surface area contributed by atoms with Crippen LogP contribution in [0, 0.1) is 5.82 Å². The molecule has 0 fully saturated rings. The molecule has 1 aromatic heterocycles. The van der Waals surface area contributed by atoms with Gasteiger partial charge in [0.2, 0.25) is 5.91 Å². The lowest BCUT2D eigenvalue weighted by Gasteiger charge is -2.13. The van der Waals surface area contributed by atoms with Crippen molar-refractivity contribution < 1.29 is 18.4 Å². The first kappa shape index (κ1) is 18.1. The monoisotopic (exact) mass is 350 g/mol. The Kier molecular flexibility index (Phi) is 6.87. The number of hydrogen-bond acceptors (Lipinski definition) is 4. The van der Waals surface area contributed by atoms with E-state index < -0.39 is 6.04 Å². The molecule has 0 aliphatic rings. The summed E-state index contributed by atoms with van der Waals surface area (Å²) >= 11 is 1.53. The molecule has 1 unspecified atom stereocenters. The Labute approximate surface area is 144 Å². The molecular weight excluding hydrogens is 331 g/mol. The minimum Gasteiger partial charge on any atom is -0.472 e. The minimum atomic E-state index is -0.649. The van der Waals surface area contributed by atoms with E-state index in [0.717, 1.165) is 0 Å². The molecule has 128 valence electrons. The number of benzene rings is 1. The number of furan rings is 1. The predicted octanol–water partition coefficient (Wildman–Crippen LogP) is 2.59. The lowest BCUT2D eigenvalue weighted by molar-refractivity contribution is -0.122. The number of carbonyl (C=O) groups is 2. The van der Waals surface area contributed by atoms with Gasteiger partial charge in [0.1, 0.15) is 18.1 Å². The minimum absolute atomic E-state index is 0.218. The molecule has 2 N–H and O–H groups in total. The molecule has 0 aliphatic carbocycles. The highest BCUT2D eigenvalue weighted by Crippen LogP contribution is 2.14. The van der Waals surface area contributed by atoms with Crippen molar-refractivity contribution in [2.45, 2.75) is 18.7 Å². The zero-order valence-corrected chi connectivity index (χ0v) is 14.1. The highest BCUT2D eigenvalue weighted by atomic mass is 32.2. The third-order valence-electron chi connectivity index (χ3n) is 3.29. The smallest absolute Gasteiger partial charge is 0.255 e. The number of hydrogen-bond donors (Lipinski definition) is 2. The van der Waals surface area contributed by atoms with Crippen LogP contribution in [-0.4, -0.2) is 30.2 Å². The number of thioether (sulfide) groups is 1. The van der Waals surface area contributed by atoms with Crippen molar-refractivity contribution in [1.29, 1.82) is 0 Å². The highest BCUT2D eigenvalue weighted by molar-refractivity contribution is 7.98. The van der Waals surface area contributed by atoms with Crippen molar-refractivity contribution in [1.82, 2.24) is 10.6 Å². The molecule has 2 amide bonds. The normalized spacial score (nSPS) is 11.8. The molecule has 0 spiro atoms. The number of nitrogens with one attached hydrogen (secondary N) is 2. The van der Waals surface area contributed by atoms with Crippen molar-refractivity contribution in [3.8, 4) is 0 Å². The lowest BCUT2D eigenvalue weighted by atomic mass is 10.2. The maximum atomic E-state index is 13.4. The Morgan fingerprint density at radius 3 is 2.79 bits per heavy atom. The first-order valence-electron chi connectivity index (χ1n) is 7.50. The molecule has 2 rings (SSSR count). The largest absolute Gasteiger partial charge is 0.472 e. The lowest BCUT2D eigenvalue weighted by Crippen LogP contribution is -2.45. The predicted molar refractivity (Wildman–Crippen MR) is 91.2 cm³/mol. The summed E-state index contributed by atoms with van der Waals surface area (Å²) in [7, 11) is 0.